The Kier molecular flexibility index (Phi) is 7.50. The van der Waals surface area contributed by atoms with Crippen LogP contribution in [0.4, 0.5) is 16.2 Å². The predicted molar refractivity (Wildman–Crippen MR) is 145 cm³/mol. The first-order chi connectivity index (χ1) is 18.0. The molecule has 0 bridgehead atoms. The maximum atomic E-state index is 13.7. The number of ketones is 1. The van der Waals surface area contributed by atoms with Crippen molar-refractivity contribution in [1.82, 2.24) is 4.90 Å². The molecule has 0 unspecified atom stereocenters. The van der Waals surface area contributed by atoms with Crippen LogP contribution < -0.4 is 19.7 Å². The largest absolute Gasteiger partial charge is 0.497 e. The van der Waals surface area contributed by atoms with Crippen molar-refractivity contribution in [1.29, 1.82) is 0 Å². The highest BCUT2D eigenvalue weighted by molar-refractivity contribution is 9.09. The van der Waals surface area contributed by atoms with Gasteiger partial charge in [-0.2, -0.15) is 0 Å². The number of benzene rings is 2. The van der Waals surface area contributed by atoms with Gasteiger partial charge >= 0.3 is 12.1 Å². The molecule has 0 spiro atoms. The number of carbonyl (C=O) groups excluding carboxylic acids is 4. The molecule has 2 aromatic rings. The molecule has 4 rings (SSSR count). The molecule has 200 valence electrons. The number of anilines is 2. The second-order valence-corrected chi connectivity index (χ2v) is 9.94. The Bertz CT molecular complexity index is 1340. The van der Waals surface area contributed by atoms with Crippen LogP contribution in [0.5, 0.6) is 11.5 Å². The number of halogens is 1. The molecule has 0 fully saturated rings. The van der Waals surface area contributed by atoms with Crippen molar-refractivity contribution in [2.75, 3.05) is 50.4 Å². The number of carbonyl (C=O) groups is 4. The van der Waals surface area contributed by atoms with Crippen molar-refractivity contribution in [3.05, 3.63) is 53.1 Å². The van der Waals surface area contributed by atoms with Crippen LogP contribution in [0.1, 0.15) is 34.3 Å². The minimum absolute atomic E-state index is 0.0329. The highest BCUT2D eigenvalue weighted by atomic mass is 79.9. The molecule has 38 heavy (non-hydrogen) atoms. The lowest BCUT2D eigenvalue weighted by atomic mass is 9.89. The zero-order valence-electron chi connectivity index (χ0n) is 21.7. The Hall–Kier alpha value is -3.86. The Balaban J connectivity index is 1.80. The van der Waals surface area contributed by atoms with Gasteiger partial charge in [0.1, 0.15) is 5.75 Å². The number of hydrogen-bond donors (Lipinski definition) is 1. The first kappa shape index (κ1) is 27.2. The summed E-state index contributed by atoms with van der Waals surface area (Å²) in [7, 11) is 5.82. The smallest absolute Gasteiger partial charge is 0.414 e. The molecular weight excluding hydrogens is 558 g/mol. The van der Waals surface area contributed by atoms with E-state index in [0.717, 1.165) is 5.56 Å². The summed E-state index contributed by atoms with van der Waals surface area (Å²) in [4.78, 5) is 55.0. The molecule has 2 heterocycles. The van der Waals surface area contributed by atoms with E-state index >= 15 is 0 Å². The summed E-state index contributed by atoms with van der Waals surface area (Å²) in [5.74, 6) is -1.13. The van der Waals surface area contributed by atoms with Gasteiger partial charge in [-0.15, -0.1) is 0 Å². The van der Waals surface area contributed by atoms with Gasteiger partial charge in [0.15, 0.2) is 11.3 Å². The summed E-state index contributed by atoms with van der Waals surface area (Å²) < 4.78 is 15.6. The second-order valence-electron chi connectivity index (χ2n) is 9.30. The predicted octanol–water partition coefficient (Wildman–Crippen LogP) is 3.83. The van der Waals surface area contributed by atoms with Gasteiger partial charge in [0.25, 0.3) is 5.91 Å². The summed E-state index contributed by atoms with van der Waals surface area (Å²) in [5.41, 5.74) is 0.537. The number of alkyl halides is 1. The van der Waals surface area contributed by atoms with Crippen molar-refractivity contribution < 1.29 is 33.4 Å². The number of rotatable bonds is 6. The van der Waals surface area contributed by atoms with Crippen molar-refractivity contribution >= 4 is 57.1 Å². The van der Waals surface area contributed by atoms with E-state index in [2.05, 4.69) is 21.2 Å². The maximum absolute atomic E-state index is 13.7. The number of amides is 2. The van der Waals surface area contributed by atoms with Gasteiger partial charge in [-0.05, 0) is 36.3 Å². The van der Waals surface area contributed by atoms with Crippen LogP contribution in [0.2, 0.25) is 0 Å². The molecule has 2 aliphatic heterocycles. The summed E-state index contributed by atoms with van der Waals surface area (Å²) in [6.45, 7) is 1.70. The van der Waals surface area contributed by atoms with Crippen molar-refractivity contribution in [3.63, 3.8) is 0 Å². The fourth-order valence-electron chi connectivity index (χ4n) is 4.54. The fraction of sp³-hybridized carbons (Fsp3) is 0.333. The number of nitrogens with one attached hydrogen (secondary N) is 1. The zero-order valence-corrected chi connectivity index (χ0v) is 23.2. The third-order valence-corrected chi connectivity index (χ3v) is 7.39. The monoisotopic (exact) mass is 585 g/mol. The first-order valence-electron chi connectivity index (χ1n) is 11.8. The van der Waals surface area contributed by atoms with E-state index in [0.29, 0.717) is 22.3 Å². The van der Waals surface area contributed by atoms with Crippen LogP contribution in [0.25, 0.3) is 6.08 Å². The number of esters is 1. The van der Waals surface area contributed by atoms with Crippen LogP contribution in [0, 0.1) is 0 Å². The van der Waals surface area contributed by atoms with Crippen LogP contribution in [0.15, 0.2) is 36.4 Å². The quantitative estimate of drug-likeness (QED) is 0.235. The zero-order chi connectivity index (χ0) is 27.8. The number of Topliss-reactive ketones (excluding diaryl/α,β-unsaturated/α-hetero) is 1. The SMILES string of the molecule is COC(=O)[C@]1(C)Nc2c(OC(=O)N(C)C)cc3c(c2C1=O)[C@H](CBr)CN3C(=O)/C=C/c1ccc(OC)cc1. The van der Waals surface area contributed by atoms with Crippen molar-refractivity contribution in [2.45, 2.75) is 18.4 Å². The van der Waals surface area contributed by atoms with Gasteiger partial charge in [-0.1, -0.05) is 28.1 Å². The van der Waals surface area contributed by atoms with Gasteiger partial charge in [0.05, 0.1) is 31.2 Å². The first-order valence-corrected chi connectivity index (χ1v) is 12.9. The molecule has 0 saturated carbocycles. The lowest BCUT2D eigenvalue weighted by Crippen LogP contribution is -2.47. The number of nitrogens with zero attached hydrogens (tertiary/aromatic N) is 2. The molecule has 2 amide bonds. The van der Waals surface area contributed by atoms with E-state index in [9.17, 15) is 19.2 Å². The van der Waals surface area contributed by atoms with Gasteiger partial charge in [-0.25, -0.2) is 9.59 Å². The van der Waals surface area contributed by atoms with E-state index in [1.54, 1.807) is 31.4 Å². The van der Waals surface area contributed by atoms with E-state index in [-0.39, 0.29) is 35.4 Å². The standard InChI is InChI=1S/C27H28BrN3O7/c1-27(25(34)37-5)24(33)22-21-16(13-28)14-31(20(32)11-8-15-6-9-17(36-4)10-7-15)18(21)12-19(23(22)29-27)38-26(35)30(2)3/h6-12,16,29H,13-14H2,1-5H3/b11-8+/t16-,27-/m1/s1. The number of ether oxygens (including phenoxy) is 3. The van der Waals surface area contributed by atoms with E-state index in [1.807, 2.05) is 12.1 Å². The normalized spacial score (nSPS) is 19.6. The highest BCUT2D eigenvalue weighted by Gasteiger charge is 2.53. The molecular formula is C27H28BrN3O7. The molecule has 2 atom stereocenters. The second kappa shape index (κ2) is 10.5. The number of fused-ring (bicyclic) bond motifs is 3. The lowest BCUT2D eigenvalue weighted by molar-refractivity contribution is -0.143. The van der Waals surface area contributed by atoms with Gasteiger partial charge in [0, 0.05) is 44.0 Å². The molecule has 2 aliphatic rings. The van der Waals surface area contributed by atoms with Crippen molar-refractivity contribution in [3.8, 4) is 11.5 Å². The van der Waals surface area contributed by atoms with E-state index in [4.69, 9.17) is 14.2 Å². The van der Waals surface area contributed by atoms with Crippen molar-refractivity contribution in [2.24, 2.45) is 0 Å². The summed E-state index contributed by atoms with van der Waals surface area (Å²) in [5, 5.41) is 3.39. The minimum Gasteiger partial charge on any atom is -0.497 e. The fourth-order valence-corrected chi connectivity index (χ4v) is 5.07. The van der Waals surface area contributed by atoms with Crippen LogP contribution in [0.3, 0.4) is 0 Å². The Labute approximate surface area is 228 Å². The average molecular weight is 586 g/mol. The number of hydrogen-bond acceptors (Lipinski definition) is 8. The molecule has 0 saturated heterocycles. The lowest BCUT2D eigenvalue weighted by Gasteiger charge is -2.21. The van der Waals surface area contributed by atoms with Crippen LogP contribution >= 0.6 is 15.9 Å². The van der Waals surface area contributed by atoms with E-state index < -0.39 is 23.4 Å². The highest BCUT2D eigenvalue weighted by Crippen LogP contribution is 2.51. The van der Waals surface area contributed by atoms with Gasteiger partial charge in [0.2, 0.25) is 5.78 Å². The van der Waals surface area contributed by atoms with Gasteiger partial charge in [-0.3, -0.25) is 9.59 Å². The Morgan fingerprint density at radius 2 is 1.89 bits per heavy atom. The maximum Gasteiger partial charge on any atom is 0.414 e. The van der Waals surface area contributed by atoms with Crippen LogP contribution in [-0.4, -0.2) is 74.4 Å². The molecule has 0 radical (unpaired) electrons. The minimum atomic E-state index is -1.71. The van der Waals surface area contributed by atoms with E-state index in [1.165, 1.54) is 44.0 Å². The molecule has 1 N–H and O–H groups in total. The molecule has 0 aliphatic carbocycles. The van der Waals surface area contributed by atoms with Gasteiger partial charge < -0.3 is 29.3 Å². The molecule has 2 aromatic carbocycles. The Morgan fingerprint density at radius 1 is 1.21 bits per heavy atom. The summed E-state index contributed by atoms with van der Waals surface area (Å²) in [6.07, 6.45) is 2.45. The third-order valence-electron chi connectivity index (χ3n) is 6.61. The molecule has 0 aromatic heterocycles. The average Bonchev–Trinajstić information content (AvgIpc) is 3.42. The Morgan fingerprint density at radius 3 is 2.47 bits per heavy atom. The summed E-state index contributed by atoms with van der Waals surface area (Å²) >= 11 is 3.51. The molecule has 10 nitrogen and oxygen atoms in total. The summed E-state index contributed by atoms with van der Waals surface area (Å²) in [6, 6.07) is 8.79. The number of methoxy groups -OCH3 is 2. The molecule has 11 heteroatoms. The van der Waals surface area contributed by atoms with Crippen LogP contribution in [-0.2, 0) is 14.3 Å². The third kappa shape index (κ3) is 4.62. The topological polar surface area (TPSA) is 114 Å².